The number of carbonyl (C=O) groups excluding carboxylic acids is 1. The second-order valence-corrected chi connectivity index (χ2v) is 5.40. The SMILES string of the molecule is CCC1(CC(=O)O)CCc2cc(OC)c(OC)cc2C1=O. The van der Waals surface area contributed by atoms with Crippen molar-refractivity contribution in [2.45, 2.75) is 32.6 Å². The van der Waals surface area contributed by atoms with Crippen LogP contribution in [0.1, 0.15) is 42.1 Å². The first kappa shape index (κ1) is 15.4. The number of carboxylic acid groups (broad SMARTS) is 1. The van der Waals surface area contributed by atoms with Gasteiger partial charge in [-0.1, -0.05) is 6.92 Å². The molecule has 21 heavy (non-hydrogen) atoms. The molecule has 1 aliphatic carbocycles. The maximum absolute atomic E-state index is 12.8. The lowest BCUT2D eigenvalue weighted by Crippen LogP contribution is -2.37. The average Bonchev–Trinajstić information content (AvgIpc) is 2.48. The van der Waals surface area contributed by atoms with Gasteiger partial charge in [-0.2, -0.15) is 0 Å². The first-order chi connectivity index (χ1) is 9.97. The molecular weight excluding hydrogens is 272 g/mol. The molecule has 0 spiro atoms. The average molecular weight is 292 g/mol. The zero-order valence-electron chi connectivity index (χ0n) is 12.6. The number of methoxy groups -OCH3 is 2. The molecule has 0 aliphatic heterocycles. The van der Waals surface area contributed by atoms with Crippen molar-refractivity contribution in [1.29, 1.82) is 0 Å². The van der Waals surface area contributed by atoms with Gasteiger partial charge >= 0.3 is 5.97 Å². The Kier molecular flexibility index (Phi) is 4.21. The number of ketones is 1. The minimum absolute atomic E-state index is 0.102. The van der Waals surface area contributed by atoms with Gasteiger partial charge < -0.3 is 14.6 Å². The number of hydrogen-bond acceptors (Lipinski definition) is 4. The van der Waals surface area contributed by atoms with E-state index in [1.165, 1.54) is 7.11 Å². The Labute approximate surface area is 123 Å². The van der Waals surface area contributed by atoms with E-state index in [2.05, 4.69) is 0 Å². The number of aliphatic carboxylic acids is 1. The van der Waals surface area contributed by atoms with Crippen molar-refractivity contribution < 1.29 is 24.2 Å². The predicted octanol–water partition coefficient (Wildman–Crippen LogP) is 2.70. The lowest BCUT2D eigenvalue weighted by molar-refractivity contribution is -0.139. The van der Waals surface area contributed by atoms with E-state index in [1.807, 2.05) is 13.0 Å². The topological polar surface area (TPSA) is 72.8 Å². The van der Waals surface area contributed by atoms with Crippen molar-refractivity contribution in [2.75, 3.05) is 14.2 Å². The number of rotatable bonds is 5. The molecule has 0 fully saturated rings. The number of fused-ring (bicyclic) bond motifs is 1. The lowest BCUT2D eigenvalue weighted by atomic mass is 9.67. The van der Waals surface area contributed by atoms with E-state index < -0.39 is 11.4 Å². The van der Waals surface area contributed by atoms with Gasteiger partial charge in [0.05, 0.1) is 20.6 Å². The fourth-order valence-corrected chi connectivity index (χ4v) is 3.03. The van der Waals surface area contributed by atoms with Crippen LogP contribution in [0.3, 0.4) is 0 Å². The summed E-state index contributed by atoms with van der Waals surface area (Å²) in [6.45, 7) is 1.87. The molecule has 5 heteroatoms. The first-order valence-electron chi connectivity index (χ1n) is 6.99. The molecule has 0 saturated heterocycles. The van der Waals surface area contributed by atoms with Crippen LogP contribution in [0.5, 0.6) is 11.5 Å². The van der Waals surface area contributed by atoms with Crippen molar-refractivity contribution in [1.82, 2.24) is 0 Å². The van der Waals surface area contributed by atoms with Crippen molar-refractivity contribution >= 4 is 11.8 Å². The molecule has 1 aliphatic rings. The summed E-state index contributed by atoms with van der Waals surface area (Å²) in [5.74, 6) is 0.0434. The van der Waals surface area contributed by atoms with Crippen LogP contribution in [0.2, 0.25) is 0 Å². The highest BCUT2D eigenvalue weighted by Gasteiger charge is 2.43. The molecule has 2 rings (SSSR count). The van der Waals surface area contributed by atoms with Crippen molar-refractivity contribution in [2.24, 2.45) is 5.41 Å². The van der Waals surface area contributed by atoms with Gasteiger partial charge in [-0.05, 0) is 37.0 Å². The van der Waals surface area contributed by atoms with Gasteiger partial charge in [0.25, 0.3) is 0 Å². The fraction of sp³-hybridized carbons (Fsp3) is 0.500. The zero-order valence-corrected chi connectivity index (χ0v) is 12.6. The molecule has 1 N–H and O–H groups in total. The van der Waals surface area contributed by atoms with E-state index in [0.29, 0.717) is 36.3 Å². The van der Waals surface area contributed by atoms with E-state index in [4.69, 9.17) is 14.6 Å². The second kappa shape index (κ2) is 5.76. The van der Waals surface area contributed by atoms with Gasteiger partial charge in [0.2, 0.25) is 0 Å². The number of hydrogen-bond donors (Lipinski definition) is 1. The molecule has 1 atom stereocenters. The van der Waals surface area contributed by atoms with E-state index in [9.17, 15) is 9.59 Å². The van der Waals surface area contributed by atoms with Crippen LogP contribution in [0.4, 0.5) is 0 Å². The van der Waals surface area contributed by atoms with Crippen molar-refractivity contribution in [3.05, 3.63) is 23.3 Å². The van der Waals surface area contributed by atoms with E-state index in [-0.39, 0.29) is 12.2 Å². The van der Waals surface area contributed by atoms with Crippen molar-refractivity contribution in [3.63, 3.8) is 0 Å². The summed E-state index contributed by atoms with van der Waals surface area (Å²) in [5, 5.41) is 9.11. The van der Waals surface area contributed by atoms with Gasteiger partial charge in [-0.25, -0.2) is 0 Å². The zero-order chi connectivity index (χ0) is 15.6. The van der Waals surface area contributed by atoms with Gasteiger partial charge in [-0.15, -0.1) is 0 Å². The summed E-state index contributed by atoms with van der Waals surface area (Å²) in [6, 6.07) is 3.48. The third kappa shape index (κ3) is 2.60. The molecule has 0 saturated carbocycles. The summed E-state index contributed by atoms with van der Waals surface area (Å²) in [4.78, 5) is 23.9. The summed E-state index contributed by atoms with van der Waals surface area (Å²) >= 11 is 0. The molecule has 114 valence electrons. The molecule has 0 aromatic heterocycles. The van der Waals surface area contributed by atoms with E-state index in [1.54, 1.807) is 13.2 Å². The third-order valence-corrected chi connectivity index (χ3v) is 4.37. The lowest BCUT2D eigenvalue weighted by Gasteiger charge is -2.35. The summed E-state index contributed by atoms with van der Waals surface area (Å²) in [5.41, 5.74) is 0.646. The maximum atomic E-state index is 12.8. The minimum Gasteiger partial charge on any atom is -0.493 e. The van der Waals surface area contributed by atoms with Crippen LogP contribution in [-0.4, -0.2) is 31.1 Å². The Bertz CT molecular complexity index is 578. The highest BCUT2D eigenvalue weighted by molar-refractivity contribution is 6.04. The Hall–Kier alpha value is -2.04. The van der Waals surface area contributed by atoms with E-state index >= 15 is 0 Å². The molecule has 1 aromatic carbocycles. The van der Waals surface area contributed by atoms with Crippen LogP contribution < -0.4 is 9.47 Å². The van der Waals surface area contributed by atoms with Crippen LogP contribution in [0.15, 0.2) is 12.1 Å². The highest BCUT2D eigenvalue weighted by Crippen LogP contribution is 2.44. The van der Waals surface area contributed by atoms with Crippen LogP contribution in [-0.2, 0) is 11.2 Å². The normalized spacial score (nSPS) is 20.8. The Balaban J connectivity index is 2.49. The minimum atomic E-state index is -0.936. The summed E-state index contributed by atoms with van der Waals surface area (Å²) in [7, 11) is 3.07. The summed E-state index contributed by atoms with van der Waals surface area (Å²) in [6.07, 6.45) is 1.61. The number of carbonyl (C=O) groups is 2. The fourth-order valence-electron chi connectivity index (χ4n) is 3.03. The number of benzene rings is 1. The number of carboxylic acids is 1. The highest BCUT2D eigenvalue weighted by atomic mass is 16.5. The standard InChI is InChI=1S/C16H20O5/c1-4-16(9-14(17)18)6-5-10-7-12(20-2)13(21-3)8-11(10)15(16)19/h7-8H,4-6,9H2,1-3H3,(H,17,18). The predicted molar refractivity (Wildman–Crippen MR) is 77.2 cm³/mol. The molecular formula is C16H20O5. The molecule has 1 unspecified atom stereocenters. The Morgan fingerprint density at radius 3 is 2.43 bits per heavy atom. The van der Waals surface area contributed by atoms with Gasteiger partial charge in [0, 0.05) is 11.0 Å². The second-order valence-electron chi connectivity index (χ2n) is 5.40. The van der Waals surface area contributed by atoms with Gasteiger partial charge in [0.15, 0.2) is 17.3 Å². The molecule has 0 heterocycles. The largest absolute Gasteiger partial charge is 0.493 e. The quantitative estimate of drug-likeness (QED) is 0.903. The monoisotopic (exact) mass is 292 g/mol. The Morgan fingerprint density at radius 2 is 1.90 bits per heavy atom. The summed E-state index contributed by atoms with van der Waals surface area (Å²) < 4.78 is 10.5. The maximum Gasteiger partial charge on any atom is 0.304 e. The number of Topliss-reactive ketones (excluding diaryl/α,β-unsaturated/α-hetero) is 1. The Morgan fingerprint density at radius 1 is 1.29 bits per heavy atom. The number of ether oxygens (including phenoxy) is 2. The molecule has 0 radical (unpaired) electrons. The van der Waals surface area contributed by atoms with Crippen molar-refractivity contribution in [3.8, 4) is 11.5 Å². The first-order valence-corrected chi connectivity index (χ1v) is 6.99. The smallest absolute Gasteiger partial charge is 0.304 e. The van der Waals surface area contributed by atoms with E-state index in [0.717, 1.165) is 5.56 Å². The van der Waals surface area contributed by atoms with Crippen LogP contribution in [0.25, 0.3) is 0 Å². The van der Waals surface area contributed by atoms with Gasteiger partial charge in [0.1, 0.15) is 0 Å². The van der Waals surface area contributed by atoms with Crippen LogP contribution in [0, 0.1) is 5.41 Å². The van der Waals surface area contributed by atoms with Gasteiger partial charge in [-0.3, -0.25) is 9.59 Å². The van der Waals surface area contributed by atoms with Crippen LogP contribution >= 0.6 is 0 Å². The third-order valence-electron chi connectivity index (χ3n) is 4.37. The molecule has 0 amide bonds. The molecule has 1 aromatic rings. The number of aryl methyl sites for hydroxylation is 1. The molecule has 0 bridgehead atoms. The molecule has 5 nitrogen and oxygen atoms in total.